The van der Waals surface area contributed by atoms with Crippen molar-refractivity contribution >= 4 is 17.4 Å². The Morgan fingerprint density at radius 2 is 2.25 bits per heavy atom. The molecule has 1 N–H and O–H groups in total. The van der Waals surface area contributed by atoms with Crippen LogP contribution in [-0.2, 0) is 5.75 Å². The predicted octanol–water partition coefficient (Wildman–Crippen LogP) is 3.69. The number of hydrogen-bond donors (Lipinski definition) is 1. The number of rotatable bonds is 5. The van der Waals surface area contributed by atoms with E-state index >= 15 is 0 Å². The van der Waals surface area contributed by atoms with Gasteiger partial charge in [-0.15, -0.1) is 0 Å². The summed E-state index contributed by atoms with van der Waals surface area (Å²) in [5, 5.41) is 4.21. The number of anilines is 1. The quantitative estimate of drug-likeness (QED) is 0.844. The largest absolute Gasteiger partial charge is 0.385 e. The summed E-state index contributed by atoms with van der Waals surface area (Å²) in [5.41, 5.74) is 2.40. The molecule has 0 bridgehead atoms. The van der Waals surface area contributed by atoms with Gasteiger partial charge in [-0.3, -0.25) is 4.98 Å². The Labute approximate surface area is 102 Å². The Balaban J connectivity index is 1.85. The highest BCUT2D eigenvalue weighted by Gasteiger charge is 2.15. The van der Waals surface area contributed by atoms with Crippen LogP contribution in [-0.4, -0.2) is 16.8 Å². The number of hydrogen-bond acceptors (Lipinski definition) is 3. The SMILES string of the molecule is CCNc1ccnc(CSC2CCCC2)c1. The molecular formula is C13H20N2S. The highest BCUT2D eigenvalue weighted by Crippen LogP contribution is 2.31. The van der Waals surface area contributed by atoms with Crippen LogP contribution in [0.2, 0.25) is 0 Å². The molecule has 0 atom stereocenters. The van der Waals surface area contributed by atoms with Gasteiger partial charge in [0, 0.05) is 29.4 Å². The summed E-state index contributed by atoms with van der Waals surface area (Å²) >= 11 is 2.07. The number of thioether (sulfide) groups is 1. The van der Waals surface area contributed by atoms with E-state index in [4.69, 9.17) is 0 Å². The van der Waals surface area contributed by atoms with Gasteiger partial charge in [-0.25, -0.2) is 0 Å². The number of nitrogens with zero attached hydrogens (tertiary/aromatic N) is 1. The minimum Gasteiger partial charge on any atom is -0.385 e. The molecule has 0 aliphatic heterocycles. The first-order chi connectivity index (χ1) is 7.88. The van der Waals surface area contributed by atoms with Gasteiger partial charge >= 0.3 is 0 Å². The molecule has 2 rings (SSSR count). The molecule has 1 aromatic heterocycles. The first-order valence-electron chi connectivity index (χ1n) is 6.19. The zero-order chi connectivity index (χ0) is 11.2. The normalized spacial score (nSPS) is 16.6. The highest BCUT2D eigenvalue weighted by atomic mass is 32.2. The van der Waals surface area contributed by atoms with Crippen LogP contribution in [0, 0.1) is 0 Å². The van der Waals surface area contributed by atoms with E-state index in [0.717, 1.165) is 17.5 Å². The maximum absolute atomic E-state index is 4.42. The fraction of sp³-hybridized carbons (Fsp3) is 0.615. The standard InChI is InChI=1S/C13H20N2S/c1-2-14-11-7-8-15-12(9-11)10-16-13-5-3-4-6-13/h7-9,13H,2-6,10H2,1H3,(H,14,15). The van der Waals surface area contributed by atoms with Crippen LogP contribution >= 0.6 is 11.8 Å². The average molecular weight is 236 g/mol. The lowest BCUT2D eigenvalue weighted by molar-refractivity contribution is 0.886. The van der Waals surface area contributed by atoms with Gasteiger partial charge in [0.2, 0.25) is 0 Å². The van der Waals surface area contributed by atoms with Crippen LogP contribution in [0.4, 0.5) is 5.69 Å². The van der Waals surface area contributed by atoms with Gasteiger partial charge in [-0.1, -0.05) is 12.8 Å². The summed E-state index contributed by atoms with van der Waals surface area (Å²) in [7, 11) is 0. The summed E-state index contributed by atoms with van der Waals surface area (Å²) in [6, 6.07) is 4.21. The van der Waals surface area contributed by atoms with E-state index in [-0.39, 0.29) is 0 Å². The smallest absolute Gasteiger partial charge is 0.0523 e. The molecule has 0 radical (unpaired) electrons. The molecule has 0 unspecified atom stereocenters. The molecule has 0 amide bonds. The lowest BCUT2D eigenvalue weighted by atomic mass is 10.3. The van der Waals surface area contributed by atoms with Crippen LogP contribution in [0.15, 0.2) is 18.3 Å². The second-order valence-electron chi connectivity index (χ2n) is 4.28. The minimum absolute atomic E-state index is 0.879. The first-order valence-corrected chi connectivity index (χ1v) is 7.24. The number of pyridine rings is 1. The molecule has 1 aromatic rings. The molecule has 2 nitrogen and oxygen atoms in total. The molecule has 0 spiro atoms. The number of aromatic nitrogens is 1. The molecular weight excluding hydrogens is 216 g/mol. The van der Waals surface area contributed by atoms with Crippen molar-refractivity contribution in [1.82, 2.24) is 4.98 Å². The summed E-state index contributed by atoms with van der Waals surface area (Å²) in [6.07, 6.45) is 7.54. The number of nitrogens with one attached hydrogen (secondary N) is 1. The van der Waals surface area contributed by atoms with Gasteiger partial charge in [0.1, 0.15) is 0 Å². The van der Waals surface area contributed by atoms with Crippen molar-refractivity contribution in [3.8, 4) is 0 Å². The van der Waals surface area contributed by atoms with Crippen LogP contribution in [0.25, 0.3) is 0 Å². The topological polar surface area (TPSA) is 24.9 Å². The van der Waals surface area contributed by atoms with Gasteiger partial charge in [0.05, 0.1) is 5.69 Å². The van der Waals surface area contributed by atoms with Crippen molar-refractivity contribution in [2.45, 2.75) is 43.6 Å². The van der Waals surface area contributed by atoms with E-state index < -0.39 is 0 Å². The van der Waals surface area contributed by atoms with E-state index in [0.29, 0.717) is 0 Å². The highest BCUT2D eigenvalue weighted by molar-refractivity contribution is 7.99. The molecule has 1 heterocycles. The summed E-state index contributed by atoms with van der Waals surface area (Å²) in [6.45, 7) is 3.09. The predicted molar refractivity (Wildman–Crippen MR) is 72.0 cm³/mol. The first kappa shape index (κ1) is 11.8. The third-order valence-electron chi connectivity index (χ3n) is 2.97. The maximum Gasteiger partial charge on any atom is 0.0523 e. The van der Waals surface area contributed by atoms with Gasteiger partial charge in [0.15, 0.2) is 0 Å². The van der Waals surface area contributed by atoms with Gasteiger partial charge in [-0.2, -0.15) is 11.8 Å². The van der Waals surface area contributed by atoms with Crippen molar-refractivity contribution in [3.63, 3.8) is 0 Å². The molecule has 1 aliphatic carbocycles. The van der Waals surface area contributed by atoms with Gasteiger partial charge in [-0.05, 0) is 31.9 Å². The van der Waals surface area contributed by atoms with Crippen molar-refractivity contribution < 1.29 is 0 Å². The van der Waals surface area contributed by atoms with E-state index in [1.54, 1.807) is 0 Å². The second-order valence-corrected chi connectivity index (χ2v) is 5.57. The molecule has 16 heavy (non-hydrogen) atoms. The van der Waals surface area contributed by atoms with E-state index in [1.807, 2.05) is 12.3 Å². The Morgan fingerprint density at radius 3 is 3.00 bits per heavy atom. The molecule has 1 saturated carbocycles. The summed E-state index contributed by atoms with van der Waals surface area (Å²) in [5.74, 6) is 1.06. The zero-order valence-electron chi connectivity index (χ0n) is 9.91. The molecule has 88 valence electrons. The third kappa shape index (κ3) is 3.41. The van der Waals surface area contributed by atoms with Crippen LogP contribution in [0.3, 0.4) is 0 Å². The second kappa shape index (κ2) is 6.14. The molecule has 1 fully saturated rings. The third-order valence-corrected chi connectivity index (χ3v) is 4.37. The molecule has 0 aromatic carbocycles. The van der Waals surface area contributed by atoms with Crippen LogP contribution in [0.5, 0.6) is 0 Å². The summed E-state index contributed by atoms with van der Waals surface area (Å²) < 4.78 is 0. The van der Waals surface area contributed by atoms with Crippen molar-refractivity contribution in [2.24, 2.45) is 0 Å². The van der Waals surface area contributed by atoms with E-state index in [1.165, 1.54) is 37.1 Å². The van der Waals surface area contributed by atoms with Crippen LogP contribution < -0.4 is 5.32 Å². The molecule has 1 aliphatic rings. The Bertz CT molecular complexity index is 321. The fourth-order valence-corrected chi connectivity index (χ4v) is 3.36. The van der Waals surface area contributed by atoms with Gasteiger partial charge < -0.3 is 5.32 Å². The Morgan fingerprint density at radius 1 is 1.44 bits per heavy atom. The van der Waals surface area contributed by atoms with Crippen LogP contribution in [0.1, 0.15) is 38.3 Å². The molecule has 0 saturated heterocycles. The maximum atomic E-state index is 4.42. The fourth-order valence-electron chi connectivity index (χ4n) is 2.13. The lowest BCUT2D eigenvalue weighted by Crippen LogP contribution is -1.99. The van der Waals surface area contributed by atoms with E-state index in [2.05, 4.69) is 35.1 Å². The van der Waals surface area contributed by atoms with E-state index in [9.17, 15) is 0 Å². The summed E-state index contributed by atoms with van der Waals surface area (Å²) in [4.78, 5) is 4.42. The van der Waals surface area contributed by atoms with Gasteiger partial charge in [0.25, 0.3) is 0 Å². The Kier molecular flexibility index (Phi) is 4.52. The zero-order valence-corrected chi connectivity index (χ0v) is 10.7. The molecule has 3 heteroatoms. The lowest BCUT2D eigenvalue weighted by Gasteiger charge is -2.09. The monoisotopic (exact) mass is 236 g/mol. The Hall–Kier alpha value is -0.700. The van der Waals surface area contributed by atoms with Crippen molar-refractivity contribution in [2.75, 3.05) is 11.9 Å². The van der Waals surface area contributed by atoms with Crippen molar-refractivity contribution in [1.29, 1.82) is 0 Å². The average Bonchev–Trinajstić information content (AvgIpc) is 2.80. The van der Waals surface area contributed by atoms with Crippen molar-refractivity contribution in [3.05, 3.63) is 24.0 Å². The minimum atomic E-state index is 0.879.